The number of fused-ring (bicyclic) bond motifs is 1. The molecule has 1 atom stereocenters. The monoisotopic (exact) mass is 168 g/mol. The lowest BCUT2D eigenvalue weighted by molar-refractivity contribution is 0.261. The van der Waals surface area contributed by atoms with Crippen LogP contribution in [0.4, 0.5) is 0 Å². The number of benzene rings is 1. The van der Waals surface area contributed by atoms with Gasteiger partial charge in [-0.05, 0) is 11.0 Å². The van der Waals surface area contributed by atoms with Crippen molar-refractivity contribution in [3.63, 3.8) is 0 Å². The molecule has 2 rings (SSSR count). The van der Waals surface area contributed by atoms with Crippen LogP contribution in [0.1, 0.15) is 11.1 Å². The first-order valence-corrected chi connectivity index (χ1v) is 3.79. The summed E-state index contributed by atoms with van der Waals surface area (Å²) in [5.74, 6) is 0. The molecular weight excluding hydrogens is 162 g/mol. The molecule has 0 saturated heterocycles. The Hall–Kier alpha value is -0.505. The van der Waals surface area contributed by atoms with Crippen LogP contribution >= 0.6 is 11.6 Å². The molecule has 1 heterocycles. The van der Waals surface area contributed by atoms with Gasteiger partial charge in [-0.15, -0.1) is 0 Å². The van der Waals surface area contributed by atoms with Crippen LogP contribution < -0.4 is 5.46 Å². The van der Waals surface area contributed by atoms with Crippen molar-refractivity contribution in [2.75, 3.05) is 0 Å². The molecule has 1 N–H and O–H groups in total. The fraction of sp³-hybridized carbons (Fsp3) is 0.143. The molecule has 56 valence electrons. The van der Waals surface area contributed by atoms with Gasteiger partial charge < -0.3 is 9.68 Å². The van der Waals surface area contributed by atoms with E-state index in [0.29, 0.717) is 0 Å². The minimum Gasteiger partial charge on any atom is -0.423 e. The Labute approximate surface area is 69.9 Å². The van der Waals surface area contributed by atoms with Gasteiger partial charge in [0.1, 0.15) is 5.56 Å². The summed E-state index contributed by atoms with van der Waals surface area (Å²) in [6, 6.07) is 7.38. The normalized spacial score (nSPS) is 22.0. The first kappa shape index (κ1) is 7.16. The molecule has 0 saturated carbocycles. The summed E-state index contributed by atoms with van der Waals surface area (Å²) < 4.78 is 4.95. The molecular formula is C7H6BClO2. The van der Waals surface area contributed by atoms with Gasteiger partial charge in [0.15, 0.2) is 0 Å². The van der Waals surface area contributed by atoms with Crippen LogP contribution in [-0.2, 0) is 4.65 Å². The zero-order valence-electron chi connectivity index (χ0n) is 5.70. The summed E-state index contributed by atoms with van der Waals surface area (Å²) in [6.07, 6.45) is 0. The average molecular weight is 168 g/mol. The third-order valence-corrected chi connectivity index (χ3v) is 2.09. The van der Waals surface area contributed by atoms with Crippen LogP contribution in [0.2, 0.25) is 0 Å². The highest BCUT2D eigenvalue weighted by Crippen LogP contribution is 2.26. The van der Waals surface area contributed by atoms with E-state index in [4.69, 9.17) is 16.3 Å². The Morgan fingerprint density at radius 1 is 1.45 bits per heavy atom. The molecule has 1 aliphatic rings. The van der Waals surface area contributed by atoms with Crippen LogP contribution in [0.15, 0.2) is 24.3 Å². The van der Waals surface area contributed by atoms with E-state index in [1.165, 1.54) is 0 Å². The van der Waals surface area contributed by atoms with Gasteiger partial charge in [0.2, 0.25) is 0 Å². The fourth-order valence-electron chi connectivity index (χ4n) is 1.20. The molecule has 0 bridgehead atoms. The molecule has 11 heavy (non-hydrogen) atoms. The summed E-state index contributed by atoms with van der Waals surface area (Å²) in [6.45, 7) is 0. The van der Waals surface area contributed by atoms with Crippen molar-refractivity contribution in [1.29, 1.82) is 0 Å². The Morgan fingerprint density at radius 2 is 2.18 bits per heavy atom. The number of halogens is 1. The van der Waals surface area contributed by atoms with E-state index in [2.05, 4.69) is 0 Å². The minimum absolute atomic E-state index is 0.499. The molecule has 1 aromatic carbocycles. The molecule has 0 aliphatic carbocycles. The number of hydrogen-bond acceptors (Lipinski definition) is 2. The summed E-state index contributed by atoms with van der Waals surface area (Å²) in [4.78, 5) is 0. The molecule has 0 aromatic heterocycles. The molecule has 0 spiro atoms. The molecule has 4 heteroatoms. The largest absolute Gasteiger partial charge is 0.492 e. The third kappa shape index (κ3) is 1.05. The third-order valence-electron chi connectivity index (χ3n) is 1.75. The Bertz CT molecular complexity index is 252. The second-order valence-corrected chi connectivity index (χ2v) is 2.83. The van der Waals surface area contributed by atoms with Crippen LogP contribution in [0.5, 0.6) is 0 Å². The lowest BCUT2D eigenvalue weighted by Crippen LogP contribution is -2.27. The van der Waals surface area contributed by atoms with Crippen molar-refractivity contribution in [2.45, 2.75) is 5.56 Å². The van der Waals surface area contributed by atoms with E-state index >= 15 is 0 Å². The quantitative estimate of drug-likeness (QED) is 0.455. The summed E-state index contributed by atoms with van der Waals surface area (Å²) in [5, 5.41) is 9.25. The van der Waals surface area contributed by atoms with E-state index in [1.807, 2.05) is 24.3 Å². The Kier molecular flexibility index (Phi) is 1.64. The second-order valence-electron chi connectivity index (χ2n) is 2.43. The Balaban J connectivity index is 2.52. The van der Waals surface area contributed by atoms with E-state index in [9.17, 15) is 5.02 Å². The van der Waals surface area contributed by atoms with Crippen molar-refractivity contribution in [3.8, 4) is 0 Å². The second kappa shape index (κ2) is 2.52. The molecule has 1 aliphatic heterocycles. The van der Waals surface area contributed by atoms with Crippen LogP contribution in [0, 0.1) is 0 Å². The van der Waals surface area contributed by atoms with Crippen molar-refractivity contribution < 1.29 is 9.68 Å². The Morgan fingerprint density at radius 3 is 2.91 bits per heavy atom. The topological polar surface area (TPSA) is 29.5 Å². The molecule has 1 aromatic rings. The number of rotatable bonds is 0. The van der Waals surface area contributed by atoms with Gasteiger partial charge in [-0.2, -0.15) is 0 Å². The van der Waals surface area contributed by atoms with Gasteiger partial charge >= 0.3 is 7.12 Å². The standard InChI is InChI=1S/C7H6BClO2/c9-7-5-3-1-2-4-6(5)8(10)11-7/h1-4,7,10H. The first-order chi connectivity index (χ1) is 5.29. The van der Waals surface area contributed by atoms with Crippen LogP contribution in [0.3, 0.4) is 0 Å². The van der Waals surface area contributed by atoms with Gasteiger partial charge in [-0.25, -0.2) is 0 Å². The van der Waals surface area contributed by atoms with Crippen molar-refractivity contribution in [1.82, 2.24) is 0 Å². The number of alkyl halides is 1. The summed E-state index contributed by atoms with van der Waals surface area (Å²) in [5.41, 5.74) is 1.13. The van der Waals surface area contributed by atoms with Gasteiger partial charge in [0, 0.05) is 0 Å². The summed E-state index contributed by atoms with van der Waals surface area (Å²) in [7, 11) is -0.853. The predicted octanol–water partition coefficient (Wildman–Crippen LogP) is 0.642. The van der Waals surface area contributed by atoms with Crippen molar-refractivity contribution in [3.05, 3.63) is 29.8 Å². The van der Waals surface area contributed by atoms with Crippen molar-refractivity contribution >= 4 is 24.2 Å². The molecule has 0 amide bonds. The smallest absolute Gasteiger partial charge is 0.423 e. The van der Waals surface area contributed by atoms with Gasteiger partial charge in [0.05, 0.1) is 0 Å². The highest BCUT2D eigenvalue weighted by Gasteiger charge is 2.32. The molecule has 2 nitrogen and oxygen atoms in total. The zero-order valence-corrected chi connectivity index (χ0v) is 6.45. The molecule has 1 unspecified atom stereocenters. The maximum atomic E-state index is 9.25. The summed E-state index contributed by atoms with van der Waals surface area (Å²) >= 11 is 5.76. The maximum absolute atomic E-state index is 9.25. The lowest BCUT2D eigenvalue weighted by atomic mass is 9.80. The van der Waals surface area contributed by atoms with Gasteiger partial charge in [-0.1, -0.05) is 35.9 Å². The molecule has 0 radical (unpaired) electrons. The van der Waals surface area contributed by atoms with E-state index in [1.54, 1.807) is 0 Å². The number of hydrogen-bond donors (Lipinski definition) is 1. The highest BCUT2D eigenvalue weighted by molar-refractivity contribution is 6.62. The van der Waals surface area contributed by atoms with E-state index in [-0.39, 0.29) is 0 Å². The minimum atomic E-state index is -0.853. The SMILES string of the molecule is OB1OC(Cl)c2ccccc21. The van der Waals surface area contributed by atoms with Gasteiger partial charge in [0.25, 0.3) is 0 Å². The average Bonchev–Trinajstić information content (AvgIpc) is 2.30. The predicted molar refractivity (Wildman–Crippen MR) is 43.7 cm³/mol. The van der Waals surface area contributed by atoms with Crippen LogP contribution in [-0.4, -0.2) is 12.1 Å². The van der Waals surface area contributed by atoms with Crippen LogP contribution in [0.25, 0.3) is 0 Å². The fourth-order valence-corrected chi connectivity index (χ4v) is 1.50. The van der Waals surface area contributed by atoms with E-state index < -0.39 is 12.7 Å². The van der Waals surface area contributed by atoms with E-state index in [0.717, 1.165) is 11.0 Å². The molecule has 0 fully saturated rings. The lowest BCUT2D eigenvalue weighted by Gasteiger charge is -1.99. The first-order valence-electron chi connectivity index (χ1n) is 3.35. The van der Waals surface area contributed by atoms with Crippen molar-refractivity contribution in [2.24, 2.45) is 0 Å². The maximum Gasteiger partial charge on any atom is 0.492 e. The van der Waals surface area contributed by atoms with Gasteiger partial charge in [-0.3, -0.25) is 0 Å². The zero-order chi connectivity index (χ0) is 7.84. The highest BCUT2D eigenvalue weighted by atomic mass is 35.5.